The Bertz CT molecular complexity index is 741. The number of halogens is 1. The van der Waals surface area contributed by atoms with E-state index in [0.717, 1.165) is 10.4 Å². The van der Waals surface area contributed by atoms with Crippen molar-refractivity contribution in [2.75, 3.05) is 0 Å². The number of carbonyl (C=O) groups is 3. The largest absolute Gasteiger partial charge is 0.481 e. The zero-order valence-corrected chi connectivity index (χ0v) is 13.2. The molecular weight excluding hydrogens is 342 g/mol. The molecule has 3 N–H and O–H groups in total. The molecule has 0 saturated carbocycles. The van der Waals surface area contributed by atoms with Gasteiger partial charge in [0.25, 0.3) is 5.91 Å². The number of thiophene rings is 1. The summed E-state index contributed by atoms with van der Waals surface area (Å²) in [6.07, 6.45) is -0.684. The molecule has 120 valence electrons. The Balaban J connectivity index is 2.12. The number of aliphatic carboxylic acids is 2. The first-order valence-electron chi connectivity index (χ1n) is 6.48. The van der Waals surface area contributed by atoms with Gasteiger partial charge in [-0.25, -0.2) is 4.79 Å². The van der Waals surface area contributed by atoms with Crippen LogP contribution in [0.25, 0.3) is 10.4 Å². The topological polar surface area (TPSA) is 104 Å². The minimum absolute atomic E-state index is 0.298. The van der Waals surface area contributed by atoms with Crippen LogP contribution >= 0.6 is 22.9 Å². The molecule has 0 radical (unpaired) electrons. The molecule has 2 aromatic rings. The molecule has 6 nitrogen and oxygen atoms in total. The second-order valence-corrected chi connectivity index (χ2v) is 6.15. The van der Waals surface area contributed by atoms with E-state index in [-0.39, 0.29) is 0 Å². The van der Waals surface area contributed by atoms with Crippen LogP contribution in [0.1, 0.15) is 16.1 Å². The van der Waals surface area contributed by atoms with Crippen LogP contribution in [0.2, 0.25) is 5.02 Å². The molecule has 1 unspecified atom stereocenters. The second-order valence-electron chi connectivity index (χ2n) is 4.63. The van der Waals surface area contributed by atoms with E-state index >= 15 is 0 Å². The van der Waals surface area contributed by atoms with Gasteiger partial charge in [-0.2, -0.15) is 0 Å². The molecule has 23 heavy (non-hydrogen) atoms. The van der Waals surface area contributed by atoms with Gasteiger partial charge in [-0.15, -0.1) is 11.3 Å². The highest BCUT2D eigenvalue weighted by atomic mass is 35.5. The zero-order chi connectivity index (χ0) is 17.0. The SMILES string of the molecule is O=C(O)CC(NC(=O)c1ccc(-c2ccc(Cl)cc2)s1)C(=O)O. The van der Waals surface area contributed by atoms with E-state index in [4.69, 9.17) is 21.8 Å². The lowest BCUT2D eigenvalue weighted by atomic mass is 10.2. The molecule has 0 fully saturated rings. The van der Waals surface area contributed by atoms with E-state index in [9.17, 15) is 14.4 Å². The van der Waals surface area contributed by atoms with Gasteiger partial charge in [-0.1, -0.05) is 23.7 Å². The van der Waals surface area contributed by atoms with Crippen LogP contribution in [0.5, 0.6) is 0 Å². The number of hydrogen-bond donors (Lipinski definition) is 3. The van der Waals surface area contributed by atoms with Crippen molar-refractivity contribution in [3.63, 3.8) is 0 Å². The summed E-state index contributed by atoms with van der Waals surface area (Å²) in [6.45, 7) is 0. The van der Waals surface area contributed by atoms with Crippen molar-refractivity contribution in [3.8, 4) is 10.4 Å². The maximum absolute atomic E-state index is 12.1. The summed E-state index contributed by atoms with van der Waals surface area (Å²) in [4.78, 5) is 34.8. The molecule has 0 spiro atoms. The molecule has 0 aliphatic carbocycles. The van der Waals surface area contributed by atoms with Crippen molar-refractivity contribution in [2.45, 2.75) is 12.5 Å². The molecule has 1 amide bonds. The summed E-state index contributed by atoms with van der Waals surface area (Å²) in [5.74, 6) is -3.31. The molecule has 1 aromatic heterocycles. The van der Waals surface area contributed by atoms with Crippen LogP contribution in [0, 0.1) is 0 Å². The van der Waals surface area contributed by atoms with Gasteiger partial charge < -0.3 is 15.5 Å². The Labute approximate surface area is 140 Å². The van der Waals surface area contributed by atoms with Crippen LogP contribution in [0.3, 0.4) is 0 Å². The average Bonchev–Trinajstić information content (AvgIpc) is 2.96. The third-order valence-electron chi connectivity index (χ3n) is 2.94. The van der Waals surface area contributed by atoms with E-state index in [2.05, 4.69) is 5.32 Å². The van der Waals surface area contributed by atoms with Crippen molar-refractivity contribution >= 4 is 40.8 Å². The summed E-state index contributed by atoms with van der Waals surface area (Å²) in [7, 11) is 0. The second kappa shape index (κ2) is 7.26. The summed E-state index contributed by atoms with van der Waals surface area (Å²) < 4.78 is 0. The number of rotatable bonds is 6. The normalized spacial score (nSPS) is 11.7. The molecule has 8 heteroatoms. The van der Waals surface area contributed by atoms with E-state index < -0.39 is 30.3 Å². The molecule has 0 aliphatic heterocycles. The molecule has 1 heterocycles. The maximum atomic E-state index is 12.1. The van der Waals surface area contributed by atoms with Crippen molar-refractivity contribution < 1.29 is 24.6 Å². The number of carboxylic acid groups (broad SMARTS) is 2. The lowest BCUT2D eigenvalue weighted by Gasteiger charge is -2.11. The zero-order valence-electron chi connectivity index (χ0n) is 11.7. The third-order valence-corrected chi connectivity index (χ3v) is 4.33. The predicted octanol–water partition coefficient (Wildman–Crippen LogP) is 2.73. The Kier molecular flexibility index (Phi) is 5.36. The van der Waals surface area contributed by atoms with Crippen LogP contribution in [-0.4, -0.2) is 34.1 Å². The van der Waals surface area contributed by atoms with Gasteiger partial charge in [-0.3, -0.25) is 9.59 Å². The number of amides is 1. The summed E-state index contributed by atoms with van der Waals surface area (Å²) in [5.41, 5.74) is 0.874. The van der Waals surface area contributed by atoms with E-state index in [0.29, 0.717) is 9.90 Å². The van der Waals surface area contributed by atoms with Crippen LogP contribution < -0.4 is 5.32 Å². The van der Waals surface area contributed by atoms with E-state index in [1.807, 2.05) is 0 Å². The summed E-state index contributed by atoms with van der Waals surface area (Å²) in [5, 5.41) is 20.4. The Morgan fingerprint density at radius 2 is 1.74 bits per heavy atom. The fourth-order valence-corrected chi connectivity index (χ4v) is 2.87. The lowest BCUT2D eigenvalue weighted by Crippen LogP contribution is -2.41. The van der Waals surface area contributed by atoms with Gasteiger partial charge in [0.2, 0.25) is 0 Å². The minimum Gasteiger partial charge on any atom is -0.481 e. The molecule has 0 bridgehead atoms. The average molecular weight is 354 g/mol. The van der Waals surface area contributed by atoms with Gasteiger partial charge in [0.1, 0.15) is 6.04 Å². The number of benzene rings is 1. The first-order valence-corrected chi connectivity index (χ1v) is 7.67. The quantitative estimate of drug-likeness (QED) is 0.740. The molecule has 0 aliphatic rings. The summed E-state index contributed by atoms with van der Waals surface area (Å²) >= 11 is 7.00. The number of carboxylic acids is 2. The fourth-order valence-electron chi connectivity index (χ4n) is 1.83. The molecule has 1 atom stereocenters. The third kappa shape index (κ3) is 4.54. The Morgan fingerprint density at radius 3 is 2.30 bits per heavy atom. The number of nitrogens with one attached hydrogen (secondary N) is 1. The summed E-state index contributed by atoms with van der Waals surface area (Å²) in [6, 6.07) is 8.88. The molecule has 0 saturated heterocycles. The fraction of sp³-hybridized carbons (Fsp3) is 0.133. The highest BCUT2D eigenvalue weighted by Gasteiger charge is 2.24. The number of carbonyl (C=O) groups excluding carboxylic acids is 1. The Morgan fingerprint density at radius 1 is 1.09 bits per heavy atom. The predicted molar refractivity (Wildman–Crippen MR) is 85.9 cm³/mol. The van der Waals surface area contributed by atoms with E-state index in [1.54, 1.807) is 36.4 Å². The van der Waals surface area contributed by atoms with E-state index in [1.165, 1.54) is 11.3 Å². The Hall–Kier alpha value is -2.38. The molecule has 2 rings (SSSR count). The van der Waals surface area contributed by atoms with Crippen molar-refractivity contribution in [1.82, 2.24) is 5.32 Å². The van der Waals surface area contributed by atoms with Crippen molar-refractivity contribution in [3.05, 3.63) is 46.3 Å². The highest BCUT2D eigenvalue weighted by molar-refractivity contribution is 7.17. The van der Waals surface area contributed by atoms with Crippen molar-refractivity contribution in [2.24, 2.45) is 0 Å². The van der Waals surface area contributed by atoms with Crippen LogP contribution in [0.4, 0.5) is 0 Å². The van der Waals surface area contributed by atoms with Crippen LogP contribution in [0.15, 0.2) is 36.4 Å². The highest BCUT2D eigenvalue weighted by Crippen LogP contribution is 2.29. The maximum Gasteiger partial charge on any atom is 0.326 e. The van der Waals surface area contributed by atoms with Crippen LogP contribution in [-0.2, 0) is 9.59 Å². The van der Waals surface area contributed by atoms with Crippen molar-refractivity contribution in [1.29, 1.82) is 0 Å². The first-order chi connectivity index (χ1) is 10.9. The number of hydrogen-bond acceptors (Lipinski definition) is 4. The molecule has 1 aromatic carbocycles. The molecular formula is C15H12ClNO5S. The van der Waals surface area contributed by atoms with Gasteiger partial charge in [0.05, 0.1) is 11.3 Å². The van der Waals surface area contributed by atoms with Gasteiger partial charge in [0.15, 0.2) is 0 Å². The lowest BCUT2D eigenvalue weighted by molar-refractivity contribution is -0.145. The smallest absolute Gasteiger partial charge is 0.326 e. The standard InChI is InChI=1S/C15H12ClNO5S/c16-9-3-1-8(2-4-9)11-5-6-12(23-11)14(20)17-10(15(21)22)7-13(18)19/h1-6,10H,7H2,(H,17,20)(H,18,19)(H,21,22). The first kappa shape index (κ1) is 17.0. The van der Waals surface area contributed by atoms with Gasteiger partial charge >= 0.3 is 11.9 Å². The monoisotopic (exact) mass is 353 g/mol. The minimum atomic E-state index is -1.47. The van der Waals surface area contributed by atoms with Gasteiger partial charge in [-0.05, 0) is 29.8 Å². The van der Waals surface area contributed by atoms with Gasteiger partial charge in [0, 0.05) is 9.90 Å².